The van der Waals surface area contributed by atoms with Crippen LogP contribution in [0.3, 0.4) is 0 Å². The molecule has 0 radical (unpaired) electrons. The summed E-state index contributed by atoms with van der Waals surface area (Å²) in [4.78, 5) is 26.4. The van der Waals surface area contributed by atoms with Gasteiger partial charge >= 0.3 is 0 Å². The molecular weight excluding hydrogens is 292 g/mol. The molecule has 2 amide bonds. The number of likely N-dealkylation sites (tertiary alicyclic amines) is 1. The maximum atomic E-state index is 12.3. The quantitative estimate of drug-likeness (QED) is 0.902. The van der Waals surface area contributed by atoms with E-state index in [1.807, 2.05) is 42.2 Å². The lowest BCUT2D eigenvalue weighted by atomic mass is 10.1. The van der Waals surface area contributed by atoms with Crippen LogP contribution >= 0.6 is 0 Å². The summed E-state index contributed by atoms with van der Waals surface area (Å²) in [5.74, 6) is -0.231. The second kappa shape index (κ2) is 7.13. The number of ether oxygens (including phenoxy) is 1. The molecule has 0 unspecified atom stereocenters. The molecule has 1 aromatic rings. The average molecular weight is 316 g/mol. The zero-order chi connectivity index (χ0) is 16.2. The average Bonchev–Trinajstić information content (AvgIpc) is 3.22. The van der Waals surface area contributed by atoms with Gasteiger partial charge in [-0.2, -0.15) is 0 Å². The van der Waals surface area contributed by atoms with Crippen molar-refractivity contribution in [2.45, 2.75) is 38.3 Å². The van der Waals surface area contributed by atoms with E-state index in [9.17, 15) is 9.59 Å². The van der Waals surface area contributed by atoms with E-state index in [1.165, 1.54) is 0 Å². The molecule has 2 aliphatic rings. The number of nitrogens with zero attached hydrogens (tertiary/aromatic N) is 1. The van der Waals surface area contributed by atoms with E-state index in [1.54, 1.807) is 0 Å². The minimum atomic E-state index is -0.255. The predicted octanol–water partition coefficient (Wildman–Crippen LogP) is 1.89. The first-order chi connectivity index (χ1) is 11.1. The summed E-state index contributed by atoms with van der Waals surface area (Å²) in [6.07, 6.45) is 2.50. The first kappa shape index (κ1) is 16.0. The van der Waals surface area contributed by atoms with Crippen LogP contribution in [0.25, 0.3) is 0 Å². The molecule has 3 atom stereocenters. The van der Waals surface area contributed by atoms with Crippen molar-refractivity contribution in [1.29, 1.82) is 0 Å². The fourth-order valence-electron chi connectivity index (χ4n) is 3.36. The van der Waals surface area contributed by atoms with E-state index >= 15 is 0 Å². The molecule has 23 heavy (non-hydrogen) atoms. The Morgan fingerprint density at radius 1 is 1.39 bits per heavy atom. The Labute approximate surface area is 137 Å². The second-order valence-electron chi connectivity index (χ2n) is 6.41. The number of benzene rings is 1. The van der Waals surface area contributed by atoms with Crippen molar-refractivity contribution in [1.82, 2.24) is 10.2 Å². The Balaban J connectivity index is 1.55. The van der Waals surface area contributed by atoms with Gasteiger partial charge in [0.2, 0.25) is 11.8 Å². The number of amides is 2. The van der Waals surface area contributed by atoms with Crippen LogP contribution in [0, 0.1) is 5.92 Å². The van der Waals surface area contributed by atoms with Crippen molar-refractivity contribution >= 4 is 11.8 Å². The molecule has 2 heterocycles. The monoisotopic (exact) mass is 316 g/mol. The molecule has 0 saturated carbocycles. The molecule has 2 aliphatic heterocycles. The summed E-state index contributed by atoms with van der Waals surface area (Å²) in [6, 6.07) is 9.94. The molecule has 124 valence electrons. The summed E-state index contributed by atoms with van der Waals surface area (Å²) < 4.78 is 5.51. The number of rotatable bonds is 5. The molecule has 5 heteroatoms. The van der Waals surface area contributed by atoms with Crippen molar-refractivity contribution in [2.24, 2.45) is 5.92 Å². The summed E-state index contributed by atoms with van der Waals surface area (Å²) in [5, 5.41) is 2.94. The Morgan fingerprint density at radius 3 is 2.87 bits per heavy atom. The zero-order valence-electron chi connectivity index (χ0n) is 13.5. The normalized spacial score (nSPS) is 25.6. The Bertz CT molecular complexity index is 555. The molecule has 0 spiro atoms. The molecule has 0 aliphatic carbocycles. The van der Waals surface area contributed by atoms with Gasteiger partial charge in [0.15, 0.2) is 0 Å². The minimum Gasteiger partial charge on any atom is -0.376 e. The lowest BCUT2D eigenvalue weighted by Crippen LogP contribution is -2.37. The first-order valence-corrected chi connectivity index (χ1v) is 8.39. The van der Waals surface area contributed by atoms with E-state index < -0.39 is 0 Å². The lowest BCUT2D eigenvalue weighted by molar-refractivity contribution is -0.130. The first-order valence-electron chi connectivity index (χ1n) is 8.39. The topological polar surface area (TPSA) is 58.6 Å². The van der Waals surface area contributed by atoms with Crippen LogP contribution in [-0.2, 0) is 14.3 Å². The van der Waals surface area contributed by atoms with Crippen LogP contribution in [0.15, 0.2) is 30.3 Å². The van der Waals surface area contributed by atoms with E-state index in [4.69, 9.17) is 4.74 Å². The fraction of sp³-hybridized carbons (Fsp3) is 0.556. The number of hydrogen-bond acceptors (Lipinski definition) is 3. The van der Waals surface area contributed by atoms with Crippen LogP contribution in [-0.4, -0.2) is 42.5 Å². The van der Waals surface area contributed by atoms with Crippen LogP contribution in [0.5, 0.6) is 0 Å². The summed E-state index contributed by atoms with van der Waals surface area (Å²) in [7, 11) is 0. The third kappa shape index (κ3) is 3.72. The van der Waals surface area contributed by atoms with Gasteiger partial charge in [-0.3, -0.25) is 9.59 Å². The van der Waals surface area contributed by atoms with Crippen molar-refractivity contribution < 1.29 is 14.3 Å². The van der Waals surface area contributed by atoms with Crippen LogP contribution in [0.1, 0.15) is 37.8 Å². The lowest BCUT2D eigenvalue weighted by Gasteiger charge is -2.25. The van der Waals surface area contributed by atoms with Gasteiger partial charge in [-0.25, -0.2) is 0 Å². The largest absolute Gasteiger partial charge is 0.376 e. The zero-order valence-corrected chi connectivity index (χ0v) is 13.5. The predicted molar refractivity (Wildman–Crippen MR) is 86.7 cm³/mol. The molecule has 0 bridgehead atoms. The number of carbonyl (C=O) groups excluding carboxylic acids is 2. The Hall–Kier alpha value is -1.88. The van der Waals surface area contributed by atoms with Crippen LogP contribution < -0.4 is 5.32 Å². The molecule has 2 saturated heterocycles. The highest BCUT2D eigenvalue weighted by Gasteiger charge is 2.37. The number of nitrogens with one attached hydrogen (secondary N) is 1. The highest BCUT2D eigenvalue weighted by molar-refractivity contribution is 5.89. The standard InChI is InChI=1S/C18H24N2O3/c1-13(14-6-3-2-4-7-14)20-12-15(10-17(20)21)18(22)19-11-16-8-5-9-23-16/h2-4,6-7,13,15-16H,5,8-12H2,1H3,(H,19,22)/t13-,15+,16-/m0/s1. The van der Waals surface area contributed by atoms with Crippen LogP contribution in [0.4, 0.5) is 0 Å². The van der Waals surface area contributed by atoms with Crippen molar-refractivity contribution in [3.8, 4) is 0 Å². The highest BCUT2D eigenvalue weighted by Crippen LogP contribution is 2.28. The third-order valence-corrected chi connectivity index (χ3v) is 4.81. The third-order valence-electron chi connectivity index (χ3n) is 4.81. The van der Waals surface area contributed by atoms with Gasteiger partial charge in [-0.05, 0) is 25.3 Å². The van der Waals surface area contributed by atoms with Crippen LogP contribution in [0.2, 0.25) is 0 Å². The van der Waals surface area contributed by atoms with Gasteiger partial charge in [0.25, 0.3) is 0 Å². The van der Waals surface area contributed by atoms with E-state index in [-0.39, 0.29) is 29.9 Å². The fourth-order valence-corrected chi connectivity index (χ4v) is 3.36. The molecule has 0 aromatic heterocycles. The SMILES string of the molecule is C[C@@H](c1ccccc1)N1C[C@H](C(=O)NC[C@@H]2CCCO2)CC1=O. The molecule has 3 rings (SSSR count). The number of carbonyl (C=O) groups is 2. The van der Waals surface area contributed by atoms with E-state index in [0.717, 1.165) is 25.0 Å². The van der Waals surface area contributed by atoms with Gasteiger partial charge in [-0.1, -0.05) is 30.3 Å². The summed E-state index contributed by atoms with van der Waals surface area (Å²) in [6.45, 7) is 3.84. The molecule has 5 nitrogen and oxygen atoms in total. The van der Waals surface area contributed by atoms with Gasteiger partial charge in [-0.15, -0.1) is 0 Å². The van der Waals surface area contributed by atoms with Gasteiger partial charge in [0, 0.05) is 26.1 Å². The van der Waals surface area contributed by atoms with Gasteiger partial charge in [0.1, 0.15) is 0 Å². The second-order valence-corrected chi connectivity index (χ2v) is 6.41. The highest BCUT2D eigenvalue weighted by atomic mass is 16.5. The summed E-state index contributed by atoms with van der Waals surface area (Å²) >= 11 is 0. The Kier molecular flexibility index (Phi) is 4.96. The number of hydrogen-bond donors (Lipinski definition) is 1. The molecule has 2 fully saturated rings. The Morgan fingerprint density at radius 2 is 2.17 bits per heavy atom. The van der Waals surface area contributed by atoms with E-state index in [2.05, 4.69) is 5.32 Å². The van der Waals surface area contributed by atoms with Gasteiger partial charge in [0.05, 0.1) is 18.1 Å². The maximum absolute atomic E-state index is 12.3. The smallest absolute Gasteiger partial charge is 0.225 e. The van der Waals surface area contributed by atoms with Gasteiger partial charge < -0.3 is 15.0 Å². The maximum Gasteiger partial charge on any atom is 0.225 e. The van der Waals surface area contributed by atoms with Crippen molar-refractivity contribution in [3.05, 3.63) is 35.9 Å². The van der Waals surface area contributed by atoms with Crippen molar-refractivity contribution in [2.75, 3.05) is 19.7 Å². The molecular formula is C18H24N2O3. The van der Waals surface area contributed by atoms with Crippen molar-refractivity contribution in [3.63, 3.8) is 0 Å². The molecule has 1 aromatic carbocycles. The minimum absolute atomic E-state index is 0.000310. The van der Waals surface area contributed by atoms with E-state index in [0.29, 0.717) is 19.5 Å². The summed E-state index contributed by atoms with van der Waals surface area (Å²) in [5.41, 5.74) is 1.10. The molecule has 1 N–H and O–H groups in total.